The first-order valence-electron chi connectivity index (χ1n) is 22.6. The number of fused-ring (bicyclic) bond motifs is 2. The molecule has 0 unspecified atom stereocenters. The average molecular weight is 948 g/mol. The summed E-state index contributed by atoms with van der Waals surface area (Å²) in [5.74, 6) is -1.39. The predicted octanol–water partition coefficient (Wildman–Crippen LogP) is 4.88. The van der Waals surface area contributed by atoms with Crippen LogP contribution in [0.1, 0.15) is 75.6 Å². The van der Waals surface area contributed by atoms with Crippen molar-refractivity contribution < 1.29 is 28.8 Å². The van der Waals surface area contributed by atoms with Gasteiger partial charge in [0, 0.05) is 81.4 Å². The molecule has 6 heterocycles. The highest BCUT2D eigenvalue weighted by Crippen LogP contribution is 2.37. The Labute approximate surface area is 395 Å². The van der Waals surface area contributed by atoms with E-state index in [-0.39, 0.29) is 60.0 Å². The summed E-state index contributed by atoms with van der Waals surface area (Å²) in [4.78, 5) is 97.7. The third-order valence-electron chi connectivity index (χ3n) is 13.6. The van der Waals surface area contributed by atoms with Crippen molar-refractivity contribution in [2.75, 3.05) is 67.9 Å². The SMILES string of the molecule is O=C1CC[C@H](N2C(=O)c3ccc(NCC(=O)N4CCN(CC5CCN(c6ccc(Nc7ncnc8c7ncn8C7CC(NC(=O)c8c(Cl)cccc8Cl)C7)cc6)CC5)CC4)cc3C2=O)C(=O)N1. The van der Waals surface area contributed by atoms with Crippen LogP contribution in [0.15, 0.2) is 73.3 Å². The van der Waals surface area contributed by atoms with Gasteiger partial charge in [-0.25, -0.2) is 15.0 Å². The van der Waals surface area contributed by atoms with Gasteiger partial charge in [0.1, 0.15) is 12.4 Å². The number of amides is 6. The third kappa shape index (κ3) is 9.00. The fourth-order valence-corrected chi connectivity index (χ4v) is 10.4. The number of aromatic nitrogens is 4. The lowest BCUT2D eigenvalue weighted by molar-refractivity contribution is -0.136. The minimum absolute atomic E-state index is 0.0226. The number of carbonyl (C=O) groups is 6. The van der Waals surface area contributed by atoms with Crippen molar-refractivity contribution in [1.82, 2.24) is 44.9 Å². The van der Waals surface area contributed by atoms with Gasteiger partial charge in [0.05, 0.1) is 39.6 Å². The van der Waals surface area contributed by atoms with Crippen LogP contribution in [-0.2, 0) is 14.4 Å². The van der Waals surface area contributed by atoms with Gasteiger partial charge in [-0.05, 0) is 92.6 Å². The molecule has 10 rings (SSSR count). The monoisotopic (exact) mass is 946 g/mol. The number of hydrogen-bond donors (Lipinski definition) is 4. The van der Waals surface area contributed by atoms with Crippen molar-refractivity contribution in [3.63, 3.8) is 0 Å². The number of anilines is 4. The summed E-state index contributed by atoms with van der Waals surface area (Å²) in [6.45, 7) is 5.81. The lowest BCUT2D eigenvalue weighted by atomic mass is 9.86. The van der Waals surface area contributed by atoms with E-state index in [9.17, 15) is 28.8 Å². The lowest BCUT2D eigenvalue weighted by Crippen LogP contribution is -2.54. The minimum Gasteiger partial charge on any atom is -0.376 e. The number of carbonyl (C=O) groups excluding carboxylic acids is 6. The van der Waals surface area contributed by atoms with Crippen LogP contribution in [-0.4, -0.2) is 134 Å². The van der Waals surface area contributed by atoms with Crippen LogP contribution in [0.25, 0.3) is 11.2 Å². The van der Waals surface area contributed by atoms with Crippen LogP contribution in [0.2, 0.25) is 10.0 Å². The maximum absolute atomic E-state index is 13.2. The Bertz CT molecular complexity index is 2760. The van der Waals surface area contributed by atoms with Crippen LogP contribution in [0, 0.1) is 5.92 Å². The first-order chi connectivity index (χ1) is 32.5. The van der Waals surface area contributed by atoms with Gasteiger partial charge in [0.25, 0.3) is 17.7 Å². The van der Waals surface area contributed by atoms with E-state index in [1.54, 1.807) is 36.7 Å². The van der Waals surface area contributed by atoms with Gasteiger partial charge in [0.2, 0.25) is 17.7 Å². The van der Waals surface area contributed by atoms with Crippen molar-refractivity contribution in [3.05, 3.63) is 100 Å². The molecule has 0 bridgehead atoms. The molecular weight excluding hydrogens is 900 g/mol. The lowest BCUT2D eigenvalue weighted by Gasteiger charge is -2.39. The molecule has 1 atom stereocenters. The number of halogens is 2. The van der Waals surface area contributed by atoms with Crippen LogP contribution in [0.4, 0.5) is 22.9 Å². The molecule has 3 aromatic carbocycles. The molecular formula is C47H48Cl2N12O6. The summed E-state index contributed by atoms with van der Waals surface area (Å²) in [5.41, 5.74) is 4.62. The Kier molecular flexibility index (Phi) is 12.3. The summed E-state index contributed by atoms with van der Waals surface area (Å²) in [6, 6.07) is 17.2. The van der Waals surface area contributed by atoms with E-state index in [1.165, 1.54) is 18.1 Å². The fourth-order valence-electron chi connectivity index (χ4n) is 9.80. The van der Waals surface area contributed by atoms with E-state index in [0.29, 0.717) is 46.1 Å². The molecule has 1 aliphatic carbocycles. The van der Waals surface area contributed by atoms with Crippen molar-refractivity contribution in [2.45, 2.75) is 56.7 Å². The first-order valence-corrected chi connectivity index (χ1v) is 23.4. The van der Waals surface area contributed by atoms with Gasteiger partial charge in [-0.1, -0.05) is 29.3 Å². The molecule has 346 valence electrons. The summed E-state index contributed by atoms with van der Waals surface area (Å²) in [7, 11) is 0. The summed E-state index contributed by atoms with van der Waals surface area (Å²) in [6.07, 6.45) is 7.06. The zero-order valence-corrected chi connectivity index (χ0v) is 37.9. The van der Waals surface area contributed by atoms with Crippen molar-refractivity contribution in [3.8, 4) is 0 Å². The molecule has 0 spiro atoms. The quantitative estimate of drug-likeness (QED) is 0.123. The zero-order valence-electron chi connectivity index (χ0n) is 36.4. The highest BCUT2D eigenvalue weighted by atomic mass is 35.5. The normalized spacial score (nSPS) is 21.3. The maximum atomic E-state index is 13.2. The standard InChI is InChI=1S/C47H48Cl2N12O6/c48-35-2-1-3-36(49)40(35)45(65)55-30-20-32(21-30)60-26-53-41-42(51-25-52-43(41)60)54-28-4-7-31(8-5-28)58-14-12-27(13-15-58)24-57-16-18-59(19-17-57)39(63)23-50-29-6-9-33-34(22-29)47(67)61(46(33)66)37-10-11-38(62)56-44(37)64/h1-9,22,25-27,30,32,37,50H,10-21,23-24H2,(H,55,65)(H,51,52,54)(H,56,62,64)/t30?,32?,37-/m0/s1. The number of imidazole rings is 1. The Morgan fingerprint density at radius 3 is 2.24 bits per heavy atom. The number of piperidine rings is 2. The van der Waals surface area contributed by atoms with Crippen molar-refractivity contribution in [2.24, 2.45) is 5.92 Å². The van der Waals surface area contributed by atoms with Gasteiger partial charge in [0.15, 0.2) is 17.0 Å². The second-order valence-corrected chi connectivity index (χ2v) is 18.6. The van der Waals surface area contributed by atoms with Gasteiger partial charge in [-0.3, -0.25) is 43.9 Å². The Morgan fingerprint density at radius 1 is 0.791 bits per heavy atom. The van der Waals surface area contributed by atoms with E-state index >= 15 is 0 Å². The van der Waals surface area contributed by atoms with Crippen LogP contribution in [0.3, 0.4) is 0 Å². The molecule has 6 amide bonds. The molecule has 4 aliphatic heterocycles. The minimum atomic E-state index is -1.03. The molecule has 18 nitrogen and oxygen atoms in total. The van der Waals surface area contributed by atoms with Gasteiger partial charge in [-0.2, -0.15) is 0 Å². The molecule has 4 fully saturated rings. The van der Waals surface area contributed by atoms with Crippen molar-refractivity contribution >= 4 is 92.7 Å². The summed E-state index contributed by atoms with van der Waals surface area (Å²) >= 11 is 12.5. The molecule has 67 heavy (non-hydrogen) atoms. The van der Waals surface area contributed by atoms with E-state index in [4.69, 9.17) is 23.2 Å². The highest BCUT2D eigenvalue weighted by Gasteiger charge is 2.45. The maximum Gasteiger partial charge on any atom is 0.262 e. The van der Waals surface area contributed by atoms with Crippen LogP contribution < -0.4 is 26.2 Å². The second kappa shape index (κ2) is 18.6. The smallest absolute Gasteiger partial charge is 0.262 e. The van der Waals surface area contributed by atoms with Crippen LogP contribution in [0.5, 0.6) is 0 Å². The number of hydrogen-bond acceptors (Lipinski definition) is 13. The molecule has 5 aliphatic rings. The van der Waals surface area contributed by atoms with Gasteiger partial charge < -0.3 is 30.3 Å². The number of benzene rings is 3. The van der Waals surface area contributed by atoms with E-state index < -0.39 is 29.7 Å². The molecule has 0 radical (unpaired) electrons. The Hall–Kier alpha value is -6.63. The summed E-state index contributed by atoms with van der Waals surface area (Å²) < 4.78 is 2.04. The highest BCUT2D eigenvalue weighted by molar-refractivity contribution is 6.39. The van der Waals surface area contributed by atoms with Gasteiger partial charge >= 0.3 is 0 Å². The van der Waals surface area contributed by atoms with Gasteiger partial charge in [-0.15, -0.1) is 0 Å². The molecule has 5 aromatic rings. The second-order valence-electron chi connectivity index (χ2n) is 17.8. The number of imide groups is 2. The number of nitrogens with one attached hydrogen (secondary N) is 4. The molecule has 3 saturated heterocycles. The Morgan fingerprint density at radius 2 is 1.51 bits per heavy atom. The topological polar surface area (TPSA) is 207 Å². The molecule has 2 aromatic heterocycles. The molecule has 20 heteroatoms. The van der Waals surface area contributed by atoms with E-state index in [1.807, 2.05) is 9.47 Å². The average Bonchev–Trinajstić information content (AvgIpc) is 3.85. The summed E-state index contributed by atoms with van der Waals surface area (Å²) in [5, 5.41) is 12.4. The number of rotatable bonds is 12. The van der Waals surface area contributed by atoms with E-state index in [2.05, 4.69) is 70.3 Å². The third-order valence-corrected chi connectivity index (χ3v) is 14.3. The number of nitrogens with zero attached hydrogens (tertiary/aromatic N) is 8. The van der Waals surface area contributed by atoms with Crippen LogP contribution >= 0.6 is 23.2 Å². The predicted molar refractivity (Wildman–Crippen MR) is 251 cm³/mol. The number of piperazine rings is 1. The van der Waals surface area contributed by atoms with E-state index in [0.717, 1.165) is 74.6 Å². The largest absolute Gasteiger partial charge is 0.376 e. The zero-order chi connectivity index (χ0) is 46.3. The molecule has 4 N–H and O–H groups in total. The first kappa shape index (κ1) is 44.2. The van der Waals surface area contributed by atoms with Crippen molar-refractivity contribution in [1.29, 1.82) is 0 Å². The Balaban J connectivity index is 0.649. The fraction of sp³-hybridized carbons (Fsp3) is 0.383. The molecule has 1 saturated carbocycles.